The van der Waals surface area contributed by atoms with Crippen LogP contribution in [0.15, 0.2) is 18.2 Å². The van der Waals surface area contributed by atoms with Crippen LogP contribution in [-0.4, -0.2) is 9.97 Å². The van der Waals surface area contributed by atoms with E-state index in [9.17, 15) is 4.39 Å². The maximum atomic E-state index is 13.7. The van der Waals surface area contributed by atoms with E-state index >= 15 is 0 Å². The SMILES string of the molecule is Cc1nc(COc2ccc(C(N)=S)cc2F)sc1C. The summed E-state index contributed by atoms with van der Waals surface area (Å²) >= 11 is 6.33. The molecule has 0 unspecified atom stereocenters. The minimum absolute atomic E-state index is 0.164. The summed E-state index contributed by atoms with van der Waals surface area (Å²) in [6.45, 7) is 4.18. The van der Waals surface area contributed by atoms with Gasteiger partial charge in [-0.15, -0.1) is 11.3 Å². The van der Waals surface area contributed by atoms with Crippen LogP contribution < -0.4 is 10.5 Å². The quantitative estimate of drug-likeness (QED) is 0.881. The minimum atomic E-state index is -0.477. The van der Waals surface area contributed by atoms with Crippen molar-refractivity contribution in [1.82, 2.24) is 4.98 Å². The number of nitrogens with two attached hydrogens (primary N) is 1. The topological polar surface area (TPSA) is 48.1 Å². The number of aryl methyl sites for hydroxylation is 2. The summed E-state index contributed by atoms with van der Waals surface area (Å²) in [4.78, 5) is 5.64. The average molecular weight is 296 g/mol. The van der Waals surface area contributed by atoms with Crippen molar-refractivity contribution in [3.8, 4) is 5.75 Å². The fourth-order valence-electron chi connectivity index (χ4n) is 1.51. The molecule has 2 N–H and O–H groups in total. The Morgan fingerprint density at radius 3 is 2.74 bits per heavy atom. The largest absolute Gasteiger partial charge is 0.483 e. The highest BCUT2D eigenvalue weighted by Crippen LogP contribution is 2.22. The highest BCUT2D eigenvalue weighted by molar-refractivity contribution is 7.80. The molecule has 0 saturated heterocycles. The molecule has 0 radical (unpaired) electrons. The molecule has 0 aliphatic carbocycles. The molecule has 100 valence electrons. The van der Waals surface area contributed by atoms with Crippen LogP contribution in [0, 0.1) is 19.7 Å². The van der Waals surface area contributed by atoms with E-state index in [0.29, 0.717) is 5.56 Å². The van der Waals surface area contributed by atoms with Gasteiger partial charge in [0.05, 0.1) is 5.69 Å². The molecular weight excluding hydrogens is 283 g/mol. The van der Waals surface area contributed by atoms with E-state index in [4.69, 9.17) is 22.7 Å². The Morgan fingerprint density at radius 2 is 2.21 bits per heavy atom. The van der Waals surface area contributed by atoms with Crippen LogP contribution >= 0.6 is 23.6 Å². The van der Waals surface area contributed by atoms with E-state index < -0.39 is 5.82 Å². The lowest BCUT2D eigenvalue weighted by molar-refractivity contribution is 0.289. The van der Waals surface area contributed by atoms with Gasteiger partial charge >= 0.3 is 0 Å². The first kappa shape index (κ1) is 13.9. The van der Waals surface area contributed by atoms with Crippen molar-refractivity contribution < 1.29 is 9.13 Å². The normalized spacial score (nSPS) is 10.5. The minimum Gasteiger partial charge on any atom is -0.483 e. The average Bonchev–Trinajstić information content (AvgIpc) is 2.67. The van der Waals surface area contributed by atoms with E-state index in [2.05, 4.69) is 4.98 Å². The molecule has 0 amide bonds. The highest BCUT2D eigenvalue weighted by atomic mass is 32.1. The van der Waals surface area contributed by atoms with Gasteiger partial charge in [-0.05, 0) is 32.0 Å². The van der Waals surface area contributed by atoms with Crippen LogP contribution in [0.3, 0.4) is 0 Å². The van der Waals surface area contributed by atoms with Gasteiger partial charge in [-0.1, -0.05) is 12.2 Å². The number of aromatic nitrogens is 1. The van der Waals surface area contributed by atoms with Gasteiger partial charge in [0.15, 0.2) is 11.6 Å². The summed E-state index contributed by atoms with van der Waals surface area (Å²) in [5.74, 6) is -0.305. The van der Waals surface area contributed by atoms with Crippen molar-refractivity contribution in [2.75, 3.05) is 0 Å². The standard InChI is InChI=1S/C13H13FN2OS2/c1-7-8(2)19-12(16-7)6-17-11-4-3-9(13(15)18)5-10(11)14/h3-5H,6H2,1-2H3,(H2,15,18). The van der Waals surface area contributed by atoms with E-state index in [0.717, 1.165) is 15.6 Å². The molecule has 1 aromatic heterocycles. The Hall–Kier alpha value is -1.53. The maximum absolute atomic E-state index is 13.7. The molecule has 0 saturated carbocycles. The lowest BCUT2D eigenvalue weighted by Gasteiger charge is -2.06. The van der Waals surface area contributed by atoms with Crippen molar-refractivity contribution in [3.63, 3.8) is 0 Å². The fraction of sp³-hybridized carbons (Fsp3) is 0.231. The summed E-state index contributed by atoms with van der Waals surface area (Å²) in [6.07, 6.45) is 0. The van der Waals surface area contributed by atoms with Gasteiger partial charge in [-0.3, -0.25) is 0 Å². The third-order valence-corrected chi connectivity index (χ3v) is 3.92. The number of halogens is 1. The van der Waals surface area contributed by atoms with Gasteiger partial charge in [0.2, 0.25) is 0 Å². The first-order valence-corrected chi connectivity index (χ1v) is 6.85. The first-order chi connectivity index (χ1) is 8.97. The fourth-order valence-corrected chi connectivity index (χ4v) is 2.49. The Kier molecular flexibility index (Phi) is 4.11. The zero-order valence-electron chi connectivity index (χ0n) is 10.6. The number of thiocarbonyl (C=S) groups is 1. The van der Waals surface area contributed by atoms with Crippen molar-refractivity contribution in [2.24, 2.45) is 5.73 Å². The summed E-state index contributed by atoms with van der Waals surface area (Å²) in [5, 5.41) is 0.827. The van der Waals surface area contributed by atoms with Crippen LogP contribution in [-0.2, 0) is 6.61 Å². The Bertz CT molecular complexity index is 606. The Labute approximate surface area is 120 Å². The molecule has 0 aliphatic heterocycles. The highest BCUT2D eigenvalue weighted by Gasteiger charge is 2.09. The van der Waals surface area contributed by atoms with Gasteiger partial charge in [-0.25, -0.2) is 9.37 Å². The lowest BCUT2D eigenvalue weighted by atomic mass is 10.2. The first-order valence-electron chi connectivity index (χ1n) is 5.62. The number of hydrogen-bond acceptors (Lipinski definition) is 4. The second-order valence-electron chi connectivity index (χ2n) is 4.05. The van der Waals surface area contributed by atoms with E-state index in [1.54, 1.807) is 17.4 Å². The summed E-state index contributed by atoms with van der Waals surface area (Å²) in [5.41, 5.74) is 6.90. The van der Waals surface area contributed by atoms with Gasteiger partial charge in [0.25, 0.3) is 0 Å². The van der Waals surface area contributed by atoms with Crippen LogP contribution in [0.2, 0.25) is 0 Å². The van der Waals surface area contributed by atoms with Crippen LogP contribution in [0.25, 0.3) is 0 Å². The molecule has 0 atom stereocenters. The number of thiazole rings is 1. The summed E-state index contributed by atoms with van der Waals surface area (Å²) in [6, 6.07) is 4.44. The lowest BCUT2D eigenvalue weighted by Crippen LogP contribution is -2.09. The predicted octanol–water partition coefficient (Wildman–Crippen LogP) is 3.11. The van der Waals surface area contributed by atoms with Gasteiger partial charge in [0.1, 0.15) is 16.6 Å². The van der Waals surface area contributed by atoms with E-state index in [1.165, 1.54) is 12.1 Å². The number of hydrogen-bond donors (Lipinski definition) is 1. The van der Waals surface area contributed by atoms with Crippen molar-refractivity contribution in [3.05, 3.63) is 45.2 Å². The maximum Gasteiger partial charge on any atom is 0.165 e. The van der Waals surface area contributed by atoms with Gasteiger partial charge in [0, 0.05) is 10.4 Å². The number of rotatable bonds is 4. The van der Waals surface area contributed by atoms with Crippen molar-refractivity contribution in [2.45, 2.75) is 20.5 Å². The molecule has 0 spiro atoms. The van der Waals surface area contributed by atoms with Gasteiger partial charge in [-0.2, -0.15) is 0 Å². The summed E-state index contributed by atoms with van der Waals surface area (Å²) < 4.78 is 19.2. The van der Waals surface area contributed by atoms with Crippen molar-refractivity contribution in [1.29, 1.82) is 0 Å². The molecule has 0 aliphatic rings. The second-order valence-corrected chi connectivity index (χ2v) is 5.77. The Balaban J connectivity index is 2.09. The molecule has 19 heavy (non-hydrogen) atoms. The van der Waals surface area contributed by atoms with Crippen molar-refractivity contribution >= 4 is 28.5 Å². The van der Waals surface area contributed by atoms with E-state index in [-0.39, 0.29) is 17.3 Å². The summed E-state index contributed by atoms with van der Waals surface area (Å²) in [7, 11) is 0. The second kappa shape index (κ2) is 5.63. The zero-order chi connectivity index (χ0) is 14.0. The predicted molar refractivity (Wildman–Crippen MR) is 78.2 cm³/mol. The van der Waals surface area contributed by atoms with Crippen LogP contribution in [0.4, 0.5) is 4.39 Å². The smallest absolute Gasteiger partial charge is 0.165 e. The van der Waals surface area contributed by atoms with Gasteiger partial charge < -0.3 is 10.5 Å². The molecule has 3 nitrogen and oxygen atoms in total. The molecule has 0 bridgehead atoms. The Morgan fingerprint density at radius 1 is 1.47 bits per heavy atom. The monoisotopic (exact) mass is 296 g/mol. The molecule has 2 aromatic rings. The molecule has 6 heteroatoms. The molecular formula is C13H13FN2OS2. The van der Waals surface area contributed by atoms with E-state index in [1.807, 2.05) is 13.8 Å². The molecule has 0 fully saturated rings. The third-order valence-electron chi connectivity index (χ3n) is 2.64. The number of nitrogens with zero attached hydrogens (tertiary/aromatic N) is 1. The number of benzene rings is 1. The zero-order valence-corrected chi connectivity index (χ0v) is 12.2. The molecule has 2 rings (SSSR count). The number of ether oxygens (including phenoxy) is 1. The third kappa shape index (κ3) is 3.27. The molecule has 1 aromatic carbocycles. The molecule has 1 heterocycles. The van der Waals surface area contributed by atoms with Crippen LogP contribution in [0.1, 0.15) is 21.1 Å². The van der Waals surface area contributed by atoms with Crippen LogP contribution in [0.5, 0.6) is 5.75 Å².